The molecule has 4 saturated heterocycles. The third-order valence-corrected chi connectivity index (χ3v) is 21.7. The topological polar surface area (TPSA) is 387 Å². The number of rotatable bonds is 26. The number of likely N-dealkylation sites (N-methyl/N-ethyl adjacent to an activating group) is 1. The van der Waals surface area contributed by atoms with E-state index in [1.807, 2.05) is 23.3 Å². The number of halogens is 4. The van der Waals surface area contributed by atoms with Crippen LogP contribution in [0.15, 0.2) is 137 Å². The van der Waals surface area contributed by atoms with E-state index in [1.165, 1.54) is 52.4 Å². The molecule has 5 aromatic carbocycles. The molecule has 0 N–H and O–H groups in total. The number of Topliss-reactive ketones (excluding diaryl/α,β-unsaturated/α-hetero) is 2. The quantitative estimate of drug-likeness (QED) is 0.0454. The fourth-order valence-corrected chi connectivity index (χ4v) is 15.4. The summed E-state index contributed by atoms with van der Waals surface area (Å²) < 4.78 is 62.9. The first kappa shape index (κ1) is 80.5. The van der Waals surface area contributed by atoms with Crippen LogP contribution in [0.2, 0.25) is 0 Å². The Bertz CT molecular complexity index is 5250. The zero-order valence-corrected chi connectivity index (χ0v) is 64.6. The predicted octanol–water partition coefficient (Wildman–Crippen LogP) is 5.83. The highest BCUT2D eigenvalue weighted by Crippen LogP contribution is 2.44. The van der Waals surface area contributed by atoms with E-state index in [0.717, 1.165) is 92.3 Å². The van der Waals surface area contributed by atoms with Crippen molar-refractivity contribution in [1.29, 1.82) is 0 Å². The molecule has 37 nitrogen and oxygen atoms in total. The Morgan fingerprint density at radius 1 is 0.521 bits per heavy atom. The van der Waals surface area contributed by atoms with E-state index in [9.17, 15) is 14.0 Å². The maximum absolute atomic E-state index is 17.0. The van der Waals surface area contributed by atoms with Gasteiger partial charge < -0.3 is 43.8 Å². The van der Waals surface area contributed by atoms with Crippen molar-refractivity contribution in [2.75, 3.05) is 71.0 Å². The molecule has 5 aliphatic rings. The van der Waals surface area contributed by atoms with Crippen molar-refractivity contribution >= 4 is 58.1 Å². The molecule has 5 atom stereocenters. The summed E-state index contributed by atoms with van der Waals surface area (Å²) in [6.07, 6.45) is -0.132. The van der Waals surface area contributed by atoms with Crippen molar-refractivity contribution in [3.05, 3.63) is 172 Å². The molecular formula is C75H79F4N25O12S. The number of carbonyl (C=O) groups is 7. The van der Waals surface area contributed by atoms with E-state index in [1.54, 1.807) is 91.9 Å². The number of anilines is 1. The maximum Gasteiger partial charge on any atom is 0.297 e. The molecule has 4 fully saturated rings. The molecule has 5 amide bonds. The normalized spacial score (nSPS) is 17.3. The molecule has 15 rings (SSSR count). The van der Waals surface area contributed by atoms with Gasteiger partial charge in [0, 0.05) is 69.7 Å². The molecule has 5 aliphatic heterocycles. The van der Waals surface area contributed by atoms with Gasteiger partial charge >= 0.3 is 0 Å². The van der Waals surface area contributed by atoms with Gasteiger partial charge in [0.15, 0.2) is 31.0 Å². The van der Waals surface area contributed by atoms with Crippen LogP contribution in [-0.2, 0) is 38.4 Å². The Morgan fingerprint density at radius 3 is 1.73 bits per heavy atom. The summed E-state index contributed by atoms with van der Waals surface area (Å²) in [5, 5.41) is 58.8. The average Bonchev–Trinajstić information content (AvgIpc) is 1.70. The lowest BCUT2D eigenvalue weighted by Crippen LogP contribution is -2.75. The van der Waals surface area contributed by atoms with E-state index in [2.05, 4.69) is 72.5 Å². The number of aromatic nitrogens is 16. The molecule has 0 saturated carbocycles. The Hall–Kier alpha value is -13.2. The van der Waals surface area contributed by atoms with E-state index < -0.39 is 124 Å². The zero-order chi connectivity index (χ0) is 81.9. The minimum absolute atomic E-state index is 0.00214. The Morgan fingerprint density at radius 2 is 1.07 bits per heavy atom. The van der Waals surface area contributed by atoms with Crippen LogP contribution in [0.5, 0.6) is 0 Å². The van der Waals surface area contributed by atoms with Crippen molar-refractivity contribution in [3.63, 3.8) is 0 Å². The van der Waals surface area contributed by atoms with Crippen molar-refractivity contribution in [2.24, 2.45) is 10.4 Å². The number of hydroxylamine groups is 1. The van der Waals surface area contributed by atoms with Gasteiger partial charge in [0.05, 0.1) is 22.0 Å². The summed E-state index contributed by atoms with van der Waals surface area (Å²) in [6.45, 7) is 6.00. The second-order valence-electron chi connectivity index (χ2n) is 28.1. The molecule has 10 aromatic rings. The van der Waals surface area contributed by atoms with Crippen LogP contribution in [0.1, 0.15) is 105 Å². The summed E-state index contributed by atoms with van der Waals surface area (Å²) in [5.41, 5.74) is -1.71. The molecule has 0 aliphatic carbocycles. The van der Waals surface area contributed by atoms with Crippen LogP contribution < -0.4 is 24.3 Å². The van der Waals surface area contributed by atoms with E-state index in [-0.39, 0.29) is 75.2 Å². The Balaban J connectivity index is 0.000000462. The predicted molar refractivity (Wildman–Crippen MR) is 401 cm³/mol. The number of piperidine rings is 4. The van der Waals surface area contributed by atoms with Crippen molar-refractivity contribution < 1.29 is 75.3 Å². The first-order valence-corrected chi connectivity index (χ1v) is 38.7. The number of amides is 5. The average molecular weight is 1630 g/mol. The Kier molecular flexibility index (Phi) is 24.8. The van der Waals surface area contributed by atoms with Gasteiger partial charge in [0.2, 0.25) is 35.0 Å². The van der Waals surface area contributed by atoms with Crippen molar-refractivity contribution in [2.45, 2.75) is 128 Å². The van der Waals surface area contributed by atoms with Crippen LogP contribution >= 0.6 is 11.3 Å². The molecule has 5 unspecified atom stereocenters. The fourth-order valence-electron chi connectivity index (χ4n) is 14.5. The first-order chi connectivity index (χ1) is 56.8. The lowest BCUT2D eigenvalue weighted by Gasteiger charge is -2.49. The van der Waals surface area contributed by atoms with Crippen LogP contribution in [0.3, 0.4) is 0 Å². The van der Waals surface area contributed by atoms with Gasteiger partial charge in [-0.2, -0.15) is 5.01 Å². The smallest absolute Gasteiger partial charge is 0.297 e. The standard InChI is InChI=1S/C62H62F4N20O10.C13H17N5O2S/c1-38-21-9-11-25-41(38)53-67-70-73-83(53)93-37-47(87)57(89)81-36-18-13-31-48(81)62(51(88)58(90)79-32-14-5-15-33-79,52(59(91)78(3)40-23-7-4-8-24-40)94-85-55(69-72-75-85)49-44(63)28-20-29-45(49)64)96-86-56(42-26-12-10-22-39(42)2)82(76-77-86)61(60(92)80-34-16-6-17-35-80)95-84-54(68-71-74-84)43-27-19-30-46(65)50(43)66;1-10-5-8-21-12(10)13-14-15-16-18(13)20-9-11(19)17-6-3-2-4-7-17/h4,7-12,19-30,48,52,56,61H,5-6,13-18,31-37H2,1-3H3;5,8H,2-4,6-7,9H2,1H3. The highest BCUT2D eigenvalue weighted by atomic mass is 32.1. The second kappa shape index (κ2) is 36.1. The number of tetrazole rings is 4. The number of carbonyl (C=O) groups excluding carboxylic acids is 7. The van der Waals surface area contributed by atoms with Crippen LogP contribution in [0.4, 0.5) is 23.2 Å². The van der Waals surface area contributed by atoms with Gasteiger partial charge in [-0.15, -0.1) is 36.9 Å². The lowest BCUT2D eigenvalue weighted by atomic mass is 9.77. The second-order valence-corrected chi connectivity index (χ2v) is 29.0. The van der Waals surface area contributed by atoms with Gasteiger partial charge in [-0.05, 0) is 215 Å². The molecular weight excluding hydrogens is 1550 g/mol. The molecule has 42 heteroatoms. The number of aryl methyl sites for hydroxylation is 3. The molecule has 0 bridgehead atoms. The number of hydrogen-bond donors (Lipinski definition) is 0. The number of para-hydroxylation sites is 1. The van der Waals surface area contributed by atoms with Crippen LogP contribution in [0, 0.1) is 44.0 Å². The fraction of sp³-hybridized carbons (Fsp3) is 0.400. The molecule has 0 radical (unpaired) electrons. The largest absolute Gasteiger partial charge is 0.385 e. The lowest BCUT2D eigenvalue weighted by molar-refractivity contribution is -0.309. The number of hydrogen-bond acceptors (Lipinski definition) is 29. The number of thiophene rings is 1. The van der Waals surface area contributed by atoms with Gasteiger partial charge in [0.25, 0.3) is 47.3 Å². The van der Waals surface area contributed by atoms with E-state index in [4.69, 9.17) is 24.2 Å². The summed E-state index contributed by atoms with van der Waals surface area (Å²) >= 11 is 1.55. The first-order valence-electron chi connectivity index (χ1n) is 37.8. The maximum atomic E-state index is 17.0. The Labute approximate surface area is 668 Å². The molecule has 5 aromatic heterocycles. The molecule has 610 valence electrons. The van der Waals surface area contributed by atoms with Gasteiger partial charge in [-0.25, -0.2) is 22.4 Å². The van der Waals surface area contributed by atoms with Crippen LogP contribution in [0.25, 0.3) is 44.9 Å². The van der Waals surface area contributed by atoms with Crippen LogP contribution in [-0.4, -0.2) is 242 Å². The zero-order valence-electron chi connectivity index (χ0n) is 63.8. The summed E-state index contributed by atoms with van der Waals surface area (Å²) in [6, 6.07) is 27.5. The monoisotopic (exact) mass is 1630 g/mol. The van der Waals surface area contributed by atoms with Gasteiger partial charge in [0.1, 0.15) is 11.6 Å². The summed E-state index contributed by atoms with van der Waals surface area (Å²) in [5.74, 6) is -13.3. The number of nitrogens with zero attached hydrogens (tertiary/aromatic N) is 25. The number of benzene rings is 5. The van der Waals surface area contributed by atoms with E-state index in [0.29, 0.717) is 63.9 Å². The minimum atomic E-state index is -3.43. The number of likely N-dealkylation sites (tertiary alicyclic amines) is 4. The highest BCUT2D eigenvalue weighted by Gasteiger charge is 2.67. The summed E-state index contributed by atoms with van der Waals surface area (Å²) in [4.78, 5) is 150. The van der Waals surface area contributed by atoms with E-state index >= 15 is 37.1 Å². The minimum Gasteiger partial charge on any atom is -0.385 e. The summed E-state index contributed by atoms with van der Waals surface area (Å²) in [7, 11) is 1.28. The SMILES string of the molecule is Cc1ccccc1-c1nnnn1OCC(=O)C(=O)N1CCCCC1C(ON1N=NN(C(On2nnnc2-c2cccc(F)c2F)C(=O)N2CCCCC2)C1c1ccccc1C)(C(=O)C(=O)N1CCCCC1)C(On1nnnc1-c1c(F)cccc1F)C(=O)N(C)c1ccccc1.Cc1ccsc1-c1nnnn1OCC(=O)N1CCCCC1. The third-order valence-electron chi connectivity index (χ3n) is 20.6. The van der Waals surface area contributed by atoms with Crippen molar-refractivity contribution in [3.8, 4) is 44.9 Å². The molecule has 10 heterocycles. The third kappa shape index (κ3) is 17.0. The molecule has 117 heavy (non-hydrogen) atoms. The van der Waals surface area contributed by atoms with Crippen molar-refractivity contribution in [1.82, 2.24) is 111 Å². The van der Waals surface area contributed by atoms with Gasteiger partial charge in [-0.3, -0.25) is 33.6 Å². The molecule has 0 spiro atoms. The van der Waals surface area contributed by atoms with Gasteiger partial charge in [-0.1, -0.05) is 98.2 Å². The highest BCUT2D eigenvalue weighted by molar-refractivity contribution is 7.13. The number of ketones is 2.